The molecule has 0 spiro atoms. The molecule has 4 fully saturated rings. The molecule has 186 valence electrons. The van der Waals surface area contributed by atoms with Gasteiger partial charge in [-0.15, -0.1) is 0 Å². The van der Waals surface area contributed by atoms with Crippen LogP contribution < -0.4 is 5.32 Å². The summed E-state index contributed by atoms with van der Waals surface area (Å²) in [4.78, 5) is 31.3. The van der Waals surface area contributed by atoms with E-state index < -0.39 is 0 Å². The van der Waals surface area contributed by atoms with Gasteiger partial charge in [-0.3, -0.25) is 14.5 Å². The predicted molar refractivity (Wildman–Crippen MR) is 137 cm³/mol. The average Bonchev–Trinajstić information content (AvgIpc) is 3.07. The normalized spacial score (nSPS) is 35.9. The van der Waals surface area contributed by atoms with E-state index in [1.165, 1.54) is 12.8 Å². The van der Waals surface area contributed by atoms with E-state index in [1.54, 1.807) is 0 Å². The van der Waals surface area contributed by atoms with Crippen molar-refractivity contribution < 1.29 is 9.59 Å². The fourth-order valence-electron chi connectivity index (χ4n) is 8.77. The second-order valence-electron chi connectivity index (χ2n) is 14.4. The van der Waals surface area contributed by atoms with Gasteiger partial charge in [0.2, 0.25) is 5.91 Å². The van der Waals surface area contributed by atoms with Crippen LogP contribution in [0.1, 0.15) is 90.4 Å². The van der Waals surface area contributed by atoms with Crippen LogP contribution in [0, 0.1) is 21.7 Å². The van der Waals surface area contributed by atoms with E-state index in [-0.39, 0.29) is 28.7 Å². The number of amides is 2. The van der Waals surface area contributed by atoms with Crippen LogP contribution in [0.2, 0.25) is 0 Å². The van der Waals surface area contributed by atoms with Gasteiger partial charge in [0.1, 0.15) is 0 Å². The smallest absolute Gasteiger partial charge is 0.256 e. The van der Waals surface area contributed by atoms with Gasteiger partial charge in [0.05, 0.1) is 17.8 Å². The van der Waals surface area contributed by atoms with Crippen LogP contribution in [0.25, 0.3) is 0 Å². The third-order valence-electron chi connectivity index (χ3n) is 8.98. The lowest BCUT2D eigenvalue weighted by Gasteiger charge is -2.39. The maximum atomic E-state index is 13.7. The molecular weight excluding hydrogens is 422 g/mol. The van der Waals surface area contributed by atoms with Crippen LogP contribution in [-0.2, 0) is 4.79 Å². The molecule has 4 unspecified atom stereocenters. The molecule has 2 amide bonds. The SMILES string of the molecule is CC1(C)CC2CC(C)(CN2CC(=O)Nc2ccccc2C(=O)N2CC3(C)CC2CC(C)(C)C3)C1. The fourth-order valence-corrected chi connectivity index (χ4v) is 8.77. The van der Waals surface area contributed by atoms with Crippen molar-refractivity contribution >= 4 is 17.5 Å². The van der Waals surface area contributed by atoms with Gasteiger partial charge < -0.3 is 10.2 Å². The number of hydrogen-bond acceptors (Lipinski definition) is 3. The summed E-state index contributed by atoms with van der Waals surface area (Å²) in [5.74, 6) is 0.0519. The first-order chi connectivity index (χ1) is 15.8. The van der Waals surface area contributed by atoms with E-state index in [9.17, 15) is 9.59 Å². The standard InChI is InChI=1S/C29H43N3O2/c1-26(2)11-20-13-28(5,16-26)18-31(20)15-24(33)30-23-10-8-7-9-22(23)25(34)32-19-29(6)14-21(32)12-27(3,4)17-29/h7-10,20-21H,11-19H2,1-6H3,(H,30,33). The van der Waals surface area contributed by atoms with E-state index in [0.29, 0.717) is 34.7 Å². The second-order valence-corrected chi connectivity index (χ2v) is 14.4. The lowest BCUT2D eigenvalue weighted by molar-refractivity contribution is -0.117. The van der Waals surface area contributed by atoms with Gasteiger partial charge in [-0.1, -0.05) is 53.7 Å². The highest BCUT2D eigenvalue weighted by molar-refractivity contribution is 6.04. The number of nitrogens with zero attached hydrogens (tertiary/aromatic N) is 2. The molecule has 4 bridgehead atoms. The molecule has 1 N–H and O–H groups in total. The molecule has 0 radical (unpaired) electrons. The highest BCUT2D eigenvalue weighted by atomic mass is 16.2. The van der Waals surface area contributed by atoms with Crippen molar-refractivity contribution in [1.82, 2.24) is 9.80 Å². The number of carbonyl (C=O) groups excluding carboxylic acids is 2. The Labute approximate surface area is 205 Å². The summed E-state index contributed by atoms with van der Waals surface area (Å²) in [6.07, 6.45) is 6.85. The van der Waals surface area contributed by atoms with Crippen molar-refractivity contribution in [2.75, 3.05) is 25.0 Å². The number of nitrogens with one attached hydrogen (secondary N) is 1. The minimum Gasteiger partial charge on any atom is -0.335 e. The molecule has 0 aromatic heterocycles. The minimum absolute atomic E-state index is 0.0116. The lowest BCUT2D eigenvalue weighted by atomic mass is 9.65. The molecule has 5 nitrogen and oxygen atoms in total. The highest BCUT2D eigenvalue weighted by Crippen LogP contribution is 2.53. The first kappa shape index (κ1) is 23.8. The minimum atomic E-state index is -0.0116. The number of hydrogen-bond donors (Lipinski definition) is 1. The van der Waals surface area contributed by atoms with Gasteiger partial charge in [-0.2, -0.15) is 0 Å². The Morgan fingerprint density at radius 2 is 1.44 bits per heavy atom. The van der Waals surface area contributed by atoms with E-state index in [4.69, 9.17) is 0 Å². The fraction of sp³-hybridized carbons (Fsp3) is 0.724. The summed E-state index contributed by atoms with van der Waals surface area (Å²) < 4.78 is 0. The summed E-state index contributed by atoms with van der Waals surface area (Å²) in [5.41, 5.74) is 2.37. The van der Waals surface area contributed by atoms with E-state index in [2.05, 4.69) is 56.7 Å². The molecule has 2 heterocycles. The molecule has 5 rings (SSSR count). The Hall–Kier alpha value is -1.88. The van der Waals surface area contributed by atoms with Crippen molar-refractivity contribution in [3.05, 3.63) is 29.8 Å². The van der Waals surface area contributed by atoms with Gasteiger partial charge in [0.15, 0.2) is 0 Å². The van der Waals surface area contributed by atoms with Gasteiger partial charge in [0, 0.05) is 25.2 Å². The summed E-state index contributed by atoms with van der Waals surface area (Å²) >= 11 is 0. The predicted octanol–water partition coefficient (Wildman–Crippen LogP) is 5.57. The Kier molecular flexibility index (Phi) is 5.48. The number of anilines is 1. The highest BCUT2D eigenvalue weighted by Gasteiger charge is 2.52. The average molecular weight is 466 g/mol. The Balaban J connectivity index is 1.29. The van der Waals surface area contributed by atoms with Gasteiger partial charge in [-0.25, -0.2) is 0 Å². The summed E-state index contributed by atoms with van der Waals surface area (Å²) in [7, 11) is 0. The Bertz CT molecular complexity index is 1000. The quantitative estimate of drug-likeness (QED) is 0.633. The Morgan fingerprint density at radius 3 is 2.15 bits per heavy atom. The molecule has 2 saturated heterocycles. The van der Waals surface area contributed by atoms with Gasteiger partial charge in [-0.05, 0) is 72.3 Å². The number of rotatable bonds is 4. The van der Waals surface area contributed by atoms with Crippen molar-refractivity contribution in [3.8, 4) is 0 Å². The molecular formula is C29H43N3O2. The maximum Gasteiger partial charge on any atom is 0.256 e. The zero-order valence-electron chi connectivity index (χ0n) is 22.0. The number of likely N-dealkylation sites (tertiary alicyclic amines) is 2. The van der Waals surface area contributed by atoms with Crippen LogP contribution in [0.4, 0.5) is 5.69 Å². The van der Waals surface area contributed by atoms with Crippen molar-refractivity contribution in [2.24, 2.45) is 21.7 Å². The van der Waals surface area contributed by atoms with Crippen LogP contribution in [0.5, 0.6) is 0 Å². The van der Waals surface area contributed by atoms with E-state index in [0.717, 1.165) is 38.8 Å². The Morgan fingerprint density at radius 1 is 0.853 bits per heavy atom. The zero-order valence-corrected chi connectivity index (χ0v) is 22.0. The second kappa shape index (κ2) is 7.81. The molecule has 34 heavy (non-hydrogen) atoms. The van der Waals surface area contributed by atoms with Gasteiger partial charge >= 0.3 is 0 Å². The number of carbonyl (C=O) groups is 2. The topological polar surface area (TPSA) is 52.7 Å². The lowest BCUT2D eigenvalue weighted by Crippen LogP contribution is -2.39. The monoisotopic (exact) mass is 465 g/mol. The summed E-state index contributed by atoms with van der Waals surface area (Å²) in [6.45, 7) is 16.3. The summed E-state index contributed by atoms with van der Waals surface area (Å²) in [6, 6.07) is 8.34. The first-order valence-electron chi connectivity index (χ1n) is 13.2. The first-order valence-corrected chi connectivity index (χ1v) is 13.2. The molecule has 1 aromatic rings. The number of para-hydroxylation sites is 1. The third kappa shape index (κ3) is 4.53. The third-order valence-corrected chi connectivity index (χ3v) is 8.98. The van der Waals surface area contributed by atoms with Crippen LogP contribution in [0.3, 0.4) is 0 Å². The molecule has 2 aliphatic heterocycles. The molecule has 5 heteroatoms. The zero-order chi connectivity index (χ0) is 24.5. The molecule has 2 aliphatic carbocycles. The molecule has 4 aliphatic rings. The van der Waals surface area contributed by atoms with Crippen molar-refractivity contribution in [3.63, 3.8) is 0 Å². The largest absolute Gasteiger partial charge is 0.335 e. The van der Waals surface area contributed by atoms with Gasteiger partial charge in [0.25, 0.3) is 5.91 Å². The van der Waals surface area contributed by atoms with Crippen LogP contribution in [-0.4, -0.2) is 53.3 Å². The number of fused-ring (bicyclic) bond motifs is 4. The van der Waals surface area contributed by atoms with E-state index >= 15 is 0 Å². The van der Waals surface area contributed by atoms with Crippen LogP contribution >= 0.6 is 0 Å². The number of benzene rings is 1. The van der Waals surface area contributed by atoms with Crippen molar-refractivity contribution in [2.45, 2.75) is 92.2 Å². The van der Waals surface area contributed by atoms with Crippen molar-refractivity contribution in [1.29, 1.82) is 0 Å². The molecule has 4 atom stereocenters. The maximum absolute atomic E-state index is 13.7. The van der Waals surface area contributed by atoms with Crippen LogP contribution in [0.15, 0.2) is 24.3 Å². The molecule has 1 aromatic carbocycles. The van der Waals surface area contributed by atoms with E-state index in [1.807, 2.05) is 24.3 Å². The summed E-state index contributed by atoms with van der Waals surface area (Å²) in [5, 5.41) is 3.11. The molecule has 2 saturated carbocycles.